The van der Waals surface area contributed by atoms with Crippen LogP contribution in [0.15, 0.2) is 53.1 Å². The highest BCUT2D eigenvalue weighted by Gasteiger charge is 2.12. The summed E-state index contributed by atoms with van der Waals surface area (Å²) >= 11 is 0. The molecule has 2 aromatic carbocycles. The van der Waals surface area contributed by atoms with Crippen molar-refractivity contribution in [2.24, 2.45) is 0 Å². The van der Waals surface area contributed by atoms with E-state index in [9.17, 15) is 4.79 Å². The van der Waals surface area contributed by atoms with Crippen molar-refractivity contribution in [2.45, 2.75) is 0 Å². The van der Waals surface area contributed by atoms with Gasteiger partial charge in [-0.25, -0.2) is 0 Å². The fraction of sp³-hybridized carbons (Fsp3) is 0.0667. The molecule has 94 valence electrons. The number of hydrogen-bond donors (Lipinski definition) is 1. The molecule has 4 heteroatoms. The third-order valence-corrected chi connectivity index (χ3v) is 3.00. The fourth-order valence-electron chi connectivity index (χ4n) is 2.02. The summed E-state index contributed by atoms with van der Waals surface area (Å²) < 4.78 is 5.39. The molecule has 0 saturated heterocycles. The normalized spacial score (nSPS) is 10.6. The largest absolute Gasteiger partial charge is 0.355 e. The van der Waals surface area contributed by atoms with Gasteiger partial charge < -0.3 is 9.84 Å². The van der Waals surface area contributed by atoms with Crippen LogP contribution in [0.1, 0.15) is 10.4 Å². The van der Waals surface area contributed by atoms with Gasteiger partial charge in [-0.05, 0) is 18.2 Å². The summed E-state index contributed by atoms with van der Waals surface area (Å²) in [5, 5.41) is 7.46. The highest BCUT2D eigenvalue weighted by Crippen LogP contribution is 2.29. The van der Waals surface area contributed by atoms with Crippen molar-refractivity contribution in [3.8, 4) is 11.3 Å². The van der Waals surface area contributed by atoms with Crippen molar-refractivity contribution in [3.63, 3.8) is 0 Å². The van der Waals surface area contributed by atoms with Crippen LogP contribution < -0.4 is 5.32 Å². The van der Waals surface area contributed by atoms with E-state index in [1.807, 2.05) is 30.3 Å². The third kappa shape index (κ3) is 1.97. The maximum absolute atomic E-state index is 11.7. The van der Waals surface area contributed by atoms with Crippen LogP contribution in [-0.2, 0) is 0 Å². The predicted molar refractivity (Wildman–Crippen MR) is 72.8 cm³/mol. The average molecular weight is 252 g/mol. The molecule has 0 fully saturated rings. The molecule has 3 rings (SSSR count). The van der Waals surface area contributed by atoms with Crippen LogP contribution in [0.2, 0.25) is 0 Å². The highest BCUT2D eigenvalue weighted by atomic mass is 16.5. The summed E-state index contributed by atoms with van der Waals surface area (Å²) in [7, 11) is 1.61. The molecule has 1 heterocycles. The first-order valence-electron chi connectivity index (χ1n) is 5.96. The lowest BCUT2D eigenvalue weighted by molar-refractivity contribution is 0.0963. The molecule has 0 bridgehead atoms. The van der Waals surface area contributed by atoms with Gasteiger partial charge in [-0.1, -0.05) is 35.5 Å². The van der Waals surface area contributed by atoms with Crippen LogP contribution in [0.25, 0.3) is 22.2 Å². The van der Waals surface area contributed by atoms with Crippen LogP contribution in [0.4, 0.5) is 0 Å². The molecule has 0 radical (unpaired) electrons. The Morgan fingerprint density at radius 2 is 1.95 bits per heavy atom. The highest BCUT2D eigenvalue weighted by molar-refractivity contribution is 6.00. The molecular formula is C15H12N2O2. The van der Waals surface area contributed by atoms with E-state index in [0.29, 0.717) is 11.3 Å². The van der Waals surface area contributed by atoms with Crippen molar-refractivity contribution >= 4 is 16.8 Å². The van der Waals surface area contributed by atoms with Gasteiger partial charge in [-0.15, -0.1) is 0 Å². The maximum atomic E-state index is 11.7. The standard InChI is InChI=1S/C15H12N2O2/c1-16-15(18)11-7-8-13-12(9-11)14(19-17-13)10-5-3-2-4-6-10/h2-9H,1H3,(H,16,18). The van der Waals surface area contributed by atoms with E-state index >= 15 is 0 Å². The molecule has 1 amide bonds. The lowest BCUT2D eigenvalue weighted by Gasteiger charge is -2.00. The Morgan fingerprint density at radius 3 is 2.68 bits per heavy atom. The van der Waals surface area contributed by atoms with E-state index < -0.39 is 0 Å². The number of rotatable bonds is 2. The lowest BCUT2D eigenvalue weighted by atomic mass is 10.1. The lowest BCUT2D eigenvalue weighted by Crippen LogP contribution is -2.17. The van der Waals surface area contributed by atoms with Crippen molar-refractivity contribution < 1.29 is 9.32 Å². The number of nitrogens with zero attached hydrogens (tertiary/aromatic N) is 1. The van der Waals surface area contributed by atoms with E-state index in [1.54, 1.807) is 25.2 Å². The number of nitrogens with one attached hydrogen (secondary N) is 1. The first-order valence-corrected chi connectivity index (χ1v) is 5.96. The summed E-state index contributed by atoms with van der Waals surface area (Å²) in [6, 6.07) is 15.0. The second kappa shape index (κ2) is 4.57. The Balaban J connectivity index is 2.19. The zero-order valence-corrected chi connectivity index (χ0v) is 10.4. The Labute approximate surface area is 110 Å². The number of hydrogen-bond acceptors (Lipinski definition) is 3. The molecular weight excluding hydrogens is 240 g/mol. The van der Waals surface area contributed by atoms with Crippen LogP contribution in [0.5, 0.6) is 0 Å². The second-order valence-corrected chi connectivity index (χ2v) is 4.19. The zero-order valence-electron chi connectivity index (χ0n) is 10.4. The SMILES string of the molecule is CNC(=O)c1ccc2noc(-c3ccccc3)c2c1. The third-order valence-electron chi connectivity index (χ3n) is 3.00. The first-order chi connectivity index (χ1) is 9.29. The van der Waals surface area contributed by atoms with Gasteiger partial charge in [0.1, 0.15) is 5.52 Å². The Bertz CT molecular complexity index is 732. The van der Waals surface area contributed by atoms with E-state index in [1.165, 1.54) is 0 Å². The predicted octanol–water partition coefficient (Wildman–Crippen LogP) is 2.85. The topological polar surface area (TPSA) is 55.1 Å². The minimum atomic E-state index is -0.123. The Hall–Kier alpha value is -2.62. The zero-order chi connectivity index (χ0) is 13.2. The molecule has 1 N–H and O–H groups in total. The number of fused-ring (bicyclic) bond motifs is 1. The molecule has 3 aromatic rings. The van der Waals surface area contributed by atoms with Crippen molar-refractivity contribution in [1.82, 2.24) is 10.5 Å². The number of carbonyl (C=O) groups excluding carboxylic acids is 1. The van der Waals surface area contributed by atoms with E-state index in [0.717, 1.165) is 16.5 Å². The summed E-state index contributed by atoms with van der Waals surface area (Å²) in [5.41, 5.74) is 2.28. The quantitative estimate of drug-likeness (QED) is 0.763. The van der Waals surface area contributed by atoms with Crippen molar-refractivity contribution in [1.29, 1.82) is 0 Å². The van der Waals surface area contributed by atoms with Gasteiger partial charge in [0.05, 0.1) is 5.39 Å². The van der Waals surface area contributed by atoms with Gasteiger partial charge in [-0.3, -0.25) is 4.79 Å². The van der Waals surface area contributed by atoms with E-state index in [4.69, 9.17) is 4.52 Å². The van der Waals surface area contributed by atoms with Crippen LogP contribution in [0, 0.1) is 0 Å². The molecule has 0 aliphatic carbocycles. The smallest absolute Gasteiger partial charge is 0.251 e. The van der Waals surface area contributed by atoms with Crippen molar-refractivity contribution in [3.05, 3.63) is 54.1 Å². The molecule has 19 heavy (non-hydrogen) atoms. The van der Waals surface area contributed by atoms with E-state index in [2.05, 4.69) is 10.5 Å². The minimum Gasteiger partial charge on any atom is -0.355 e. The van der Waals surface area contributed by atoms with Gasteiger partial charge in [0.15, 0.2) is 5.76 Å². The molecule has 0 aliphatic rings. The Morgan fingerprint density at radius 1 is 1.16 bits per heavy atom. The van der Waals surface area contributed by atoms with Gasteiger partial charge in [0.2, 0.25) is 0 Å². The van der Waals surface area contributed by atoms with Gasteiger partial charge in [-0.2, -0.15) is 0 Å². The molecule has 0 unspecified atom stereocenters. The second-order valence-electron chi connectivity index (χ2n) is 4.19. The fourth-order valence-corrected chi connectivity index (χ4v) is 2.02. The molecule has 4 nitrogen and oxygen atoms in total. The maximum Gasteiger partial charge on any atom is 0.251 e. The Kier molecular flexibility index (Phi) is 2.76. The summed E-state index contributed by atoms with van der Waals surface area (Å²) in [6.07, 6.45) is 0. The minimum absolute atomic E-state index is 0.123. The number of carbonyl (C=O) groups is 1. The summed E-state index contributed by atoms with van der Waals surface area (Å²) in [4.78, 5) is 11.7. The molecule has 1 aromatic heterocycles. The number of benzene rings is 2. The van der Waals surface area contributed by atoms with Crippen LogP contribution in [-0.4, -0.2) is 18.1 Å². The molecule has 0 saturated carbocycles. The number of amides is 1. The monoisotopic (exact) mass is 252 g/mol. The number of aromatic nitrogens is 1. The van der Waals surface area contributed by atoms with Gasteiger partial charge in [0, 0.05) is 18.2 Å². The molecule has 0 aliphatic heterocycles. The first kappa shape index (κ1) is 11.5. The molecule has 0 atom stereocenters. The van der Waals surface area contributed by atoms with Gasteiger partial charge in [0.25, 0.3) is 5.91 Å². The summed E-state index contributed by atoms with van der Waals surface area (Å²) in [5.74, 6) is 0.559. The van der Waals surface area contributed by atoms with E-state index in [-0.39, 0.29) is 5.91 Å². The molecule has 0 spiro atoms. The van der Waals surface area contributed by atoms with Gasteiger partial charge >= 0.3 is 0 Å². The van der Waals surface area contributed by atoms with Crippen LogP contribution in [0.3, 0.4) is 0 Å². The van der Waals surface area contributed by atoms with Crippen molar-refractivity contribution in [2.75, 3.05) is 7.05 Å². The summed E-state index contributed by atoms with van der Waals surface area (Å²) in [6.45, 7) is 0. The average Bonchev–Trinajstić information content (AvgIpc) is 2.90. The van der Waals surface area contributed by atoms with Crippen LogP contribution >= 0.6 is 0 Å².